The maximum Gasteiger partial charge on any atom is 0.0932 e. The number of rotatable bonds is 2. The molecule has 1 aliphatic rings. The van der Waals surface area contributed by atoms with E-state index in [2.05, 4.69) is 6.92 Å². The summed E-state index contributed by atoms with van der Waals surface area (Å²) in [5.74, 6) is 1.15. The molecule has 1 N–H and O–H groups in total. The van der Waals surface area contributed by atoms with Crippen molar-refractivity contribution >= 4 is 22.9 Å². The van der Waals surface area contributed by atoms with E-state index in [1.165, 1.54) is 11.3 Å². The fourth-order valence-corrected chi connectivity index (χ4v) is 2.61. The minimum atomic E-state index is -0.280. The zero-order valence-electron chi connectivity index (χ0n) is 6.83. The van der Waals surface area contributed by atoms with Crippen LogP contribution in [0.5, 0.6) is 0 Å². The number of hydrogen-bond donors (Lipinski definition) is 1. The van der Waals surface area contributed by atoms with E-state index in [4.69, 9.17) is 11.6 Å². The summed E-state index contributed by atoms with van der Waals surface area (Å²) >= 11 is 7.26. The molecule has 0 aliphatic heterocycles. The van der Waals surface area contributed by atoms with Crippen LogP contribution in [0.15, 0.2) is 12.1 Å². The van der Waals surface area contributed by atoms with Gasteiger partial charge in [-0.3, -0.25) is 0 Å². The Morgan fingerprint density at radius 3 is 2.75 bits per heavy atom. The van der Waals surface area contributed by atoms with Crippen molar-refractivity contribution in [1.82, 2.24) is 0 Å². The van der Waals surface area contributed by atoms with Crippen LogP contribution in [0, 0.1) is 11.8 Å². The lowest BCUT2D eigenvalue weighted by Gasteiger charge is -2.05. The van der Waals surface area contributed by atoms with Crippen molar-refractivity contribution in [2.24, 2.45) is 11.8 Å². The molecule has 3 heteroatoms. The normalized spacial score (nSPS) is 30.2. The van der Waals surface area contributed by atoms with Crippen molar-refractivity contribution < 1.29 is 5.11 Å². The fourth-order valence-electron chi connectivity index (χ4n) is 1.49. The molecule has 3 unspecified atom stereocenters. The van der Waals surface area contributed by atoms with Crippen LogP contribution in [0.3, 0.4) is 0 Å². The van der Waals surface area contributed by atoms with Gasteiger partial charge in [-0.15, -0.1) is 11.3 Å². The van der Waals surface area contributed by atoms with Gasteiger partial charge in [0.05, 0.1) is 10.4 Å². The van der Waals surface area contributed by atoms with E-state index in [9.17, 15) is 5.11 Å². The molecule has 2 rings (SSSR count). The van der Waals surface area contributed by atoms with Gasteiger partial charge < -0.3 is 5.11 Å². The van der Waals surface area contributed by atoms with E-state index in [0.29, 0.717) is 11.8 Å². The van der Waals surface area contributed by atoms with Gasteiger partial charge in [-0.05, 0) is 30.4 Å². The Morgan fingerprint density at radius 1 is 1.67 bits per heavy atom. The van der Waals surface area contributed by atoms with Crippen LogP contribution in [-0.4, -0.2) is 5.11 Å². The van der Waals surface area contributed by atoms with Crippen LogP contribution in [-0.2, 0) is 0 Å². The average molecular weight is 203 g/mol. The predicted octanol–water partition coefficient (Wildman–Crippen LogP) is 3.09. The number of thiophene rings is 1. The van der Waals surface area contributed by atoms with Crippen molar-refractivity contribution in [3.8, 4) is 0 Å². The first-order chi connectivity index (χ1) is 5.68. The second-order valence-corrected chi connectivity index (χ2v) is 5.21. The van der Waals surface area contributed by atoms with Crippen molar-refractivity contribution in [2.45, 2.75) is 19.4 Å². The van der Waals surface area contributed by atoms with Crippen LogP contribution in [0.25, 0.3) is 0 Å². The van der Waals surface area contributed by atoms with Gasteiger partial charge in [-0.2, -0.15) is 0 Å². The monoisotopic (exact) mass is 202 g/mol. The number of halogens is 1. The van der Waals surface area contributed by atoms with Gasteiger partial charge in [-0.1, -0.05) is 18.5 Å². The summed E-state index contributed by atoms with van der Waals surface area (Å²) in [4.78, 5) is 1.01. The largest absolute Gasteiger partial charge is 0.387 e. The van der Waals surface area contributed by atoms with Crippen LogP contribution < -0.4 is 0 Å². The summed E-state index contributed by atoms with van der Waals surface area (Å²) in [6, 6.07) is 3.76. The molecule has 0 radical (unpaired) electrons. The van der Waals surface area contributed by atoms with E-state index in [1.54, 1.807) is 0 Å². The van der Waals surface area contributed by atoms with E-state index in [1.807, 2.05) is 12.1 Å². The van der Waals surface area contributed by atoms with Crippen molar-refractivity contribution in [3.05, 3.63) is 21.3 Å². The molecular formula is C9H11ClOS. The Hall–Kier alpha value is -0.0500. The standard InChI is InChI=1S/C9H11ClOS/c1-5-4-6(5)9(11)7-2-3-8(10)12-7/h2-3,5-6,9,11H,4H2,1H3. The van der Waals surface area contributed by atoms with Gasteiger partial charge in [0.1, 0.15) is 0 Å². The van der Waals surface area contributed by atoms with Crippen LogP contribution in [0.2, 0.25) is 4.34 Å². The SMILES string of the molecule is CC1CC1C(O)c1ccc(Cl)s1. The topological polar surface area (TPSA) is 20.2 Å². The zero-order valence-corrected chi connectivity index (χ0v) is 8.40. The van der Waals surface area contributed by atoms with E-state index in [0.717, 1.165) is 15.6 Å². The Bertz CT molecular complexity index is 284. The third kappa shape index (κ3) is 1.51. The second kappa shape index (κ2) is 3.02. The lowest BCUT2D eigenvalue weighted by molar-refractivity contribution is 0.152. The summed E-state index contributed by atoms with van der Waals surface area (Å²) < 4.78 is 0.761. The lowest BCUT2D eigenvalue weighted by atomic mass is 10.2. The van der Waals surface area contributed by atoms with Gasteiger partial charge in [0, 0.05) is 4.88 Å². The van der Waals surface area contributed by atoms with Crippen LogP contribution >= 0.6 is 22.9 Å². The number of hydrogen-bond acceptors (Lipinski definition) is 2. The summed E-state index contributed by atoms with van der Waals surface area (Å²) in [6.45, 7) is 2.17. The highest BCUT2D eigenvalue weighted by molar-refractivity contribution is 7.16. The second-order valence-electron chi connectivity index (χ2n) is 3.46. The molecule has 3 atom stereocenters. The minimum Gasteiger partial charge on any atom is -0.387 e. The average Bonchev–Trinajstić information content (AvgIpc) is 2.58. The molecule has 1 fully saturated rings. The first-order valence-corrected chi connectivity index (χ1v) is 5.31. The molecule has 1 aromatic heterocycles. The molecule has 0 amide bonds. The molecule has 12 heavy (non-hydrogen) atoms. The highest BCUT2D eigenvalue weighted by Gasteiger charge is 2.39. The molecule has 1 saturated carbocycles. The summed E-state index contributed by atoms with van der Waals surface area (Å²) in [7, 11) is 0. The van der Waals surface area contributed by atoms with Gasteiger partial charge in [0.25, 0.3) is 0 Å². The van der Waals surface area contributed by atoms with Crippen molar-refractivity contribution in [1.29, 1.82) is 0 Å². The number of aliphatic hydroxyl groups excluding tert-OH is 1. The van der Waals surface area contributed by atoms with E-state index >= 15 is 0 Å². The predicted molar refractivity (Wildman–Crippen MR) is 51.6 cm³/mol. The molecule has 0 aromatic carbocycles. The number of aliphatic hydroxyl groups is 1. The molecule has 1 aromatic rings. The minimum absolute atomic E-state index is 0.280. The molecule has 1 nitrogen and oxygen atoms in total. The third-order valence-electron chi connectivity index (χ3n) is 2.46. The Labute approximate surface area is 81.0 Å². The zero-order chi connectivity index (χ0) is 8.72. The van der Waals surface area contributed by atoms with Crippen molar-refractivity contribution in [2.75, 3.05) is 0 Å². The lowest BCUT2D eigenvalue weighted by Crippen LogP contribution is -1.97. The fraction of sp³-hybridized carbons (Fsp3) is 0.556. The first kappa shape index (κ1) is 8.54. The van der Waals surface area contributed by atoms with Crippen LogP contribution in [0.1, 0.15) is 24.3 Å². The maximum atomic E-state index is 9.80. The first-order valence-electron chi connectivity index (χ1n) is 4.12. The quantitative estimate of drug-likeness (QED) is 0.782. The van der Waals surface area contributed by atoms with Crippen LogP contribution in [0.4, 0.5) is 0 Å². The van der Waals surface area contributed by atoms with Gasteiger partial charge in [0.2, 0.25) is 0 Å². The van der Waals surface area contributed by atoms with Gasteiger partial charge in [0.15, 0.2) is 0 Å². The molecule has 0 bridgehead atoms. The third-order valence-corrected chi connectivity index (χ3v) is 3.76. The van der Waals surface area contributed by atoms with E-state index < -0.39 is 0 Å². The molecule has 66 valence electrons. The summed E-state index contributed by atoms with van der Waals surface area (Å²) in [5.41, 5.74) is 0. The highest BCUT2D eigenvalue weighted by atomic mass is 35.5. The smallest absolute Gasteiger partial charge is 0.0932 e. The Morgan fingerprint density at radius 2 is 2.33 bits per heavy atom. The highest BCUT2D eigenvalue weighted by Crippen LogP contribution is 2.48. The van der Waals surface area contributed by atoms with Gasteiger partial charge >= 0.3 is 0 Å². The van der Waals surface area contributed by atoms with Crippen molar-refractivity contribution in [3.63, 3.8) is 0 Å². The summed E-state index contributed by atoms with van der Waals surface area (Å²) in [6.07, 6.45) is 0.869. The van der Waals surface area contributed by atoms with E-state index in [-0.39, 0.29) is 6.10 Å². The molecule has 0 saturated heterocycles. The molecule has 1 heterocycles. The van der Waals surface area contributed by atoms with Gasteiger partial charge in [-0.25, -0.2) is 0 Å². The Kier molecular flexibility index (Phi) is 2.15. The molecule has 0 spiro atoms. The molecular weight excluding hydrogens is 192 g/mol. The summed E-state index contributed by atoms with van der Waals surface area (Å²) in [5, 5.41) is 9.80. The maximum absolute atomic E-state index is 9.80. The Balaban J connectivity index is 2.09. The molecule has 1 aliphatic carbocycles.